The molecule has 0 aromatic carbocycles. The third kappa shape index (κ3) is 1.70. The first-order chi connectivity index (χ1) is 8.96. The van der Waals surface area contributed by atoms with Crippen molar-refractivity contribution in [1.29, 1.82) is 5.26 Å². The Balaban J connectivity index is 2.63. The van der Waals surface area contributed by atoms with E-state index in [9.17, 15) is 20.3 Å². The number of anilines is 1. The maximum Gasteiger partial charge on any atom is 0.353 e. The van der Waals surface area contributed by atoms with Crippen LogP contribution in [0.3, 0.4) is 0 Å². The van der Waals surface area contributed by atoms with Crippen molar-refractivity contribution in [3.05, 3.63) is 34.8 Å². The number of rotatable bonds is 1. The second kappa shape index (κ2) is 4.27. The van der Waals surface area contributed by atoms with E-state index < -0.39 is 29.4 Å². The second-order valence-corrected chi connectivity index (χ2v) is 3.84. The van der Waals surface area contributed by atoms with Crippen molar-refractivity contribution in [2.24, 2.45) is 0 Å². The van der Waals surface area contributed by atoms with E-state index in [1.165, 1.54) is 6.07 Å². The molecule has 1 aliphatic rings. The Morgan fingerprint density at radius 1 is 1.63 bits per heavy atom. The highest BCUT2D eigenvalue weighted by atomic mass is 16.6. The number of ether oxygens (including phenoxy) is 1. The van der Waals surface area contributed by atoms with Crippen molar-refractivity contribution in [3.63, 3.8) is 0 Å². The summed E-state index contributed by atoms with van der Waals surface area (Å²) in [6.07, 6.45) is -1.92. The lowest BCUT2D eigenvalue weighted by Gasteiger charge is -2.25. The summed E-state index contributed by atoms with van der Waals surface area (Å²) in [7, 11) is 0. The predicted octanol–water partition coefficient (Wildman–Crippen LogP) is -1.85. The van der Waals surface area contributed by atoms with E-state index in [1.807, 2.05) is 0 Å². The fraction of sp³-hybridized carbons (Fsp3) is 0.300. The lowest BCUT2D eigenvalue weighted by atomic mass is 10.1. The minimum atomic E-state index is -2.22. The van der Waals surface area contributed by atoms with Crippen LogP contribution in [0.15, 0.2) is 29.1 Å². The first kappa shape index (κ1) is 12.9. The van der Waals surface area contributed by atoms with Crippen LogP contribution in [0.2, 0.25) is 0 Å². The number of nitriles is 1. The molecule has 9 nitrogen and oxygen atoms in total. The van der Waals surface area contributed by atoms with Gasteiger partial charge in [-0.25, -0.2) is 9.36 Å². The highest BCUT2D eigenvalue weighted by Gasteiger charge is 2.56. The molecule has 1 aromatic rings. The quantitative estimate of drug-likeness (QED) is 0.432. The number of aromatic nitrogens is 2. The van der Waals surface area contributed by atoms with Gasteiger partial charge in [-0.1, -0.05) is 0 Å². The Hall–Kier alpha value is -2.57. The van der Waals surface area contributed by atoms with Gasteiger partial charge in [0.25, 0.3) is 0 Å². The zero-order valence-corrected chi connectivity index (χ0v) is 9.46. The van der Waals surface area contributed by atoms with Crippen molar-refractivity contribution in [2.45, 2.75) is 17.9 Å². The molecule has 3 atom stereocenters. The normalized spacial score (nSPS) is 31.9. The van der Waals surface area contributed by atoms with Crippen LogP contribution in [-0.4, -0.2) is 37.1 Å². The van der Waals surface area contributed by atoms with E-state index in [2.05, 4.69) is 4.98 Å². The molecule has 100 valence electrons. The minimum absolute atomic E-state index is 0.0692. The van der Waals surface area contributed by atoms with Crippen molar-refractivity contribution in [3.8, 4) is 6.07 Å². The van der Waals surface area contributed by atoms with E-state index in [4.69, 9.17) is 15.6 Å². The van der Waals surface area contributed by atoms with Gasteiger partial charge in [0, 0.05) is 6.20 Å². The summed E-state index contributed by atoms with van der Waals surface area (Å²) in [4.78, 5) is 15.1. The summed E-state index contributed by atoms with van der Waals surface area (Å²) in [5.74, 6) is -0.502. The van der Waals surface area contributed by atoms with Gasteiger partial charge in [-0.15, -0.1) is 0 Å². The van der Waals surface area contributed by atoms with Gasteiger partial charge in [0.1, 0.15) is 24.3 Å². The van der Waals surface area contributed by atoms with Crippen molar-refractivity contribution >= 4 is 5.82 Å². The van der Waals surface area contributed by atoms with Crippen molar-refractivity contribution in [2.75, 3.05) is 5.73 Å². The average molecular weight is 266 g/mol. The SMILES string of the molecule is N#C[C@@]1(n2ccc(N)nc2=O)O/C(=C/O)[C@@H](O)[C@H]1O. The lowest BCUT2D eigenvalue weighted by molar-refractivity contribution is -0.0733. The van der Waals surface area contributed by atoms with E-state index in [-0.39, 0.29) is 5.82 Å². The third-order valence-electron chi connectivity index (χ3n) is 2.74. The Bertz CT molecular complexity index is 634. The molecule has 0 aliphatic carbocycles. The molecule has 0 spiro atoms. The smallest absolute Gasteiger partial charge is 0.353 e. The zero-order chi connectivity index (χ0) is 14.2. The molecule has 0 saturated carbocycles. The Morgan fingerprint density at radius 2 is 2.32 bits per heavy atom. The van der Waals surface area contributed by atoms with E-state index in [0.29, 0.717) is 10.8 Å². The van der Waals surface area contributed by atoms with Crippen LogP contribution in [0.5, 0.6) is 0 Å². The third-order valence-corrected chi connectivity index (χ3v) is 2.74. The molecule has 2 heterocycles. The first-order valence-electron chi connectivity index (χ1n) is 5.12. The highest BCUT2D eigenvalue weighted by Crippen LogP contribution is 2.36. The molecule has 0 bridgehead atoms. The summed E-state index contributed by atoms with van der Waals surface area (Å²) >= 11 is 0. The zero-order valence-electron chi connectivity index (χ0n) is 9.46. The van der Waals surface area contributed by atoms with Crippen LogP contribution in [0, 0.1) is 11.3 Å². The topological polar surface area (TPSA) is 155 Å². The molecule has 0 unspecified atom stereocenters. The molecule has 1 saturated heterocycles. The molecule has 5 N–H and O–H groups in total. The Morgan fingerprint density at radius 3 is 2.79 bits per heavy atom. The summed E-state index contributed by atoms with van der Waals surface area (Å²) < 4.78 is 5.70. The van der Waals surface area contributed by atoms with Crippen molar-refractivity contribution < 1.29 is 20.1 Å². The summed E-state index contributed by atoms with van der Waals surface area (Å²) in [5.41, 5.74) is 2.16. The number of aliphatic hydroxyl groups excluding tert-OH is 3. The molecule has 9 heteroatoms. The largest absolute Gasteiger partial charge is 0.512 e. The van der Waals surface area contributed by atoms with Crippen molar-refractivity contribution in [1.82, 2.24) is 9.55 Å². The van der Waals surface area contributed by atoms with Crippen LogP contribution in [0.4, 0.5) is 5.82 Å². The minimum Gasteiger partial charge on any atom is -0.512 e. The Labute approximate surface area is 106 Å². The van der Waals surface area contributed by atoms with Crippen LogP contribution < -0.4 is 11.4 Å². The number of nitrogens with two attached hydrogens (primary N) is 1. The van der Waals surface area contributed by atoms with Gasteiger partial charge in [0.15, 0.2) is 11.9 Å². The summed E-state index contributed by atoms with van der Waals surface area (Å²) in [6, 6.07) is 2.82. The number of hydrogen-bond acceptors (Lipinski definition) is 8. The average Bonchev–Trinajstić information content (AvgIpc) is 2.64. The molecule has 1 aliphatic heterocycles. The van der Waals surface area contributed by atoms with E-state index >= 15 is 0 Å². The van der Waals surface area contributed by atoms with Crippen LogP contribution in [-0.2, 0) is 10.5 Å². The van der Waals surface area contributed by atoms with Gasteiger partial charge in [-0.05, 0) is 6.07 Å². The molecular weight excluding hydrogens is 256 g/mol. The Kier molecular flexibility index (Phi) is 2.89. The maximum absolute atomic E-state index is 11.7. The molecule has 19 heavy (non-hydrogen) atoms. The van der Waals surface area contributed by atoms with Crippen LogP contribution in [0.25, 0.3) is 0 Å². The van der Waals surface area contributed by atoms with Gasteiger partial charge in [-0.3, -0.25) is 0 Å². The fourth-order valence-electron chi connectivity index (χ4n) is 1.78. The molecular formula is C10H10N4O5. The summed E-state index contributed by atoms with van der Waals surface area (Å²) in [6.45, 7) is 0. The second-order valence-electron chi connectivity index (χ2n) is 3.84. The van der Waals surface area contributed by atoms with E-state index in [0.717, 1.165) is 6.20 Å². The monoisotopic (exact) mass is 266 g/mol. The predicted molar refractivity (Wildman–Crippen MR) is 60.3 cm³/mol. The number of nitrogens with zero attached hydrogens (tertiary/aromatic N) is 3. The van der Waals surface area contributed by atoms with Gasteiger partial charge in [0.2, 0.25) is 0 Å². The number of nitrogen functional groups attached to an aromatic ring is 1. The van der Waals surface area contributed by atoms with E-state index in [1.54, 1.807) is 6.07 Å². The lowest BCUT2D eigenvalue weighted by Crippen LogP contribution is -2.49. The first-order valence-corrected chi connectivity index (χ1v) is 5.12. The summed E-state index contributed by atoms with van der Waals surface area (Å²) in [5, 5.41) is 37.5. The number of aliphatic hydroxyl groups is 3. The molecule has 2 rings (SSSR count). The molecule has 0 amide bonds. The molecule has 1 aromatic heterocycles. The van der Waals surface area contributed by atoms with Crippen LogP contribution >= 0.6 is 0 Å². The van der Waals surface area contributed by atoms with Gasteiger partial charge < -0.3 is 25.8 Å². The van der Waals surface area contributed by atoms with Gasteiger partial charge in [-0.2, -0.15) is 10.2 Å². The van der Waals surface area contributed by atoms with Gasteiger partial charge in [0.05, 0.1) is 0 Å². The fourth-order valence-corrected chi connectivity index (χ4v) is 1.78. The molecule has 0 radical (unpaired) electrons. The number of hydrogen-bond donors (Lipinski definition) is 4. The van der Waals surface area contributed by atoms with Gasteiger partial charge >= 0.3 is 11.4 Å². The highest BCUT2D eigenvalue weighted by molar-refractivity contribution is 5.26. The standard InChI is InChI=1S/C10H10N4O5/c11-4-10(8(17)7(16)5(3-15)19-10)14-2-1-6(12)13-9(14)18/h1-3,7-8,15-17H,(H2,12,13,18)/b5-3+/t7-,8-,10-/m1/s1. The van der Waals surface area contributed by atoms with Crippen LogP contribution in [0.1, 0.15) is 0 Å². The molecule has 1 fully saturated rings. The maximum atomic E-state index is 11.7.